The molecule has 2 amide bonds. The fourth-order valence-corrected chi connectivity index (χ4v) is 4.52. The first kappa shape index (κ1) is 17.7. The molecule has 1 aliphatic carbocycles. The Morgan fingerprint density at radius 3 is 2.52 bits per heavy atom. The van der Waals surface area contributed by atoms with Crippen LogP contribution in [0, 0.1) is 0 Å². The lowest BCUT2D eigenvalue weighted by atomic mass is 9.98. The van der Waals surface area contributed by atoms with Crippen LogP contribution in [0.1, 0.15) is 35.4 Å². The van der Waals surface area contributed by atoms with Gasteiger partial charge >= 0.3 is 5.97 Å². The van der Waals surface area contributed by atoms with Crippen molar-refractivity contribution in [1.82, 2.24) is 10.6 Å². The normalized spacial score (nSPS) is 15.9. The van der Waals surface area contributed by atoms with Crippen LogP contribution < -0.4 is 10.6 Å². The smallest absolute Gasteiger partial charge is 0.329 e. The number of rotatable bonds is 5. The molecule has 1 aromatic carbocycles. The molecule has 2 aromatic rings. The molecule has 3 N–H and O–H groups in total. The Labute approximate surface area is 153 Å². The standard InChI is InChI=1S/C17H17ClN2O4S/c18-13-10-5-1-2-6-11(10)25-14(13)15(22)19-9-12(21)20-17(16(23)24)7-3-4-8-17/h1-2,5-6H,3-4,7-9H2,(H,19,22)(H,20,21)(H,23,24). The molecule has 1 aliphatic rings. The summed E-state index contributed by atoms with van der Waals surface area (Å²) in [6.07, 6.45) is 2.33. The SMILES string of the molecule is O=C(CNC(=O)c1sc2ccccc2c1Cl)NC1(C(=O)O)CCCC1. The van der Waals surface area contributed by atoms with Gasteiger partial charge < -0.3 is 15.7 Å². The second kappa shape index (κ2) is 7.01. The number of carbonyl (C=O) groups excluding carboxylic acids is 2. The molecule has 0 bridgehead atoms. The molecule has 0 aliphatic heterocycles. The van der Waals surface area contributed by atoms with Gasteiger partial charge in [0.15, 0.2) is 0 Å². The van der Waals surface area contributed by atoms with Crippen molar-refractivity contribution in [3.8, 4) is 0 Å². The third-order valence-electron chi connectivity index (χ3n) is 4.40. The molecule has 1 fully saturated rings. The highest BCUT2D eigenvalue weighted by Crippen LogP contribution is 2.35. The van der Waals surface area contributed by atoms with Crippen LogP contribution in [-0.4, -0.2) is 35.0 Å². The molecule has 132 valence electrons. The molecule has 0 unspecified atom stereocenters. The van der Waals surface area contributed by atoms with E-state index in [1.807, 2.05) is 24.3 Å². The molecule has 1 heterocycles. The molecule has 0 radical (unpaired) electrons. The van der Waals surface area contributed by atoms with Crippen molar-refractivity contribution in [2.75, 3.05) is 6.54 Å². The van der Waals surface area contributed by atoms with Crippen LogP contribution in [0.5, 0.6) is 0 Å². The third-order valence-corrected chi connectivity index (χ3v) is 6.07. The highest BCUT2D eigenvalue weighted by molar-refractivity contribution is 7.21. The van der Waals surface area contributed by atoms with Gasteiger partial charge in [0, 0.05) is 10.1 Å². The maximum Gasteiger partial charge on any atom is 0.329 e. The Morgan fingerprint density at radius 1 is 1.20 bits per heavy atom. The Kier molecular flexibility index (Phi) is 4.96. The van der Waals surface area contributed by atoms with Crippen LogP contribution in [0.3, 0.4) is 0 Å². The highest BCUT2D eigenvalue weighted by Gasteiger charge is 2.42. The molecule has 0 atom stereocenters. The molecule has 0 saturated heterocycles. The van der Waals surface area contributed by atoms with Crippen molar-refractivity contribution in [1.29, 1.82) is 0 Å². The zero-order valence-corrected chi connectivity index (χ0v) is 14.9. The van der Waals surface area contributed by atoms with Crippen molar-refractivity contribution >= 4 is 50.8 Å². The van der Waals surface area contributed by atoms with Gasteiger partial charge in [0.2, 0.25) is 5.91 Å². The maximum absolute atomic E-state index is 12.3. The average Bonchev–Trinajstić information content (AvgIpc) is 3.19. The monoisotopic (exact) mass is 380 g/mol. The fraction of sp³-hybridized carbons (Fsp3) is 0.353. The summed E-state index contributed by atoms with van der Waals surface area (Å²) in [7, 11) is 0. The van der Waals surface area contributed by atoms with Crippen LogP contribution in [-0.2, 0) is 9.59 Å². The molecule has 1 saturated carbocycles. The number of carboxylic acid groups (broad SMARTS) is 1. The van der Waals surface area contributed by atoms with E-state index in [0.29, 0.717) is 22.7 Å². The molecular formula is C17H17ClN2O4S. The summed E-state index contributed by atoms with van der Waals surface area (Å²) >= 11 is 7.49. The fourth-order valence-electron chi connectivity index (χ4n) is 3.08. The van der Waals surface area contributed by atoms with E-state index < -0.39 is 23.3 Å². The van der Waals surface area contributed by atoms with Crippen molar-refractivity contribution in [2.45, 2.75) is 31.2 Å². The summed E-state index contributed by atoms with van der Waals surface area (Å²) < 4.78 is 0.887. The molecule has 1 aromatic heterocycles. The number of nitrogens with one attached hydrogen (secondary N) is 2. The van der Waals surface area contributed by atoms with Gasteiger partial charge in [-0.1, -0.05) is 42.6 Å². The Bertz CT molecular complexity index is 842. The maximum atomic E-state index is 12.3. The van der Waals surface area contributed by atoms with E-state index in [1.165, 1.54) is 11.3 Å². The molecule has 25 heavy (non-hydrogen) atoms. The largest absolute Gasteiger partial charge is 0.480 e. The van der Waals surface area contributed by atoms with E-state index in [9.17, 15) is 19.5 Å². The second-order valence-corrected chi connectivity index (χ2v) is 7.50. The van der Waals surface area contributed by atoms with Crippen LogP contribution >= 0.6 is 22.9 Å². The molecular weight excluding hydrogens is 364 g/mol. The van der Waals surface area contributed by atoms with Crippen LogP contribution in [0.15, 0.2) is 24.3 Å². The Morgan fingerprint density at radius 2 is 1.88 bits per heavy atom. The van der Waals surface area contributed by atoms with Crippen molar-refractivity contribution in [3.63, 3.8) is 0 Å². The minimum absolute atomic E-state index is 0.293. The van der Waals surface area contributed by atoms with E-state index in [2.05, 4.69) is 10.6 Å². The van der Waals surface area contributed by atoms with Crippen molar-refractivity contribution < 1.29 is 19.5 Å². The number of fused-ring (bicyclic) bond motifs is 1. The first-order valence-corrected chi connectivity index (χ1v) is 9.12. The second-order valence-electron chi connectivity index (χ2n) is 6.07. The number of halogens is 1. The van der Waals surface area contributed by atoms with Gasteiger partial charge in [0.25, 0.3) is 5.91 Å². The average molecular weight is 381 g/mol. The third kappa shape index (κ3) is 3.48. The van der Waals surface area contributed by atoms with E-state index in [-0.39, 0.29) is 6.54 Å². The number of hydrogen-bond donors (Lipinski definition) is 3. The molecule has 6 nitrogen and oxygen atoms in total. The number of aliphatic carboxylic acids is 1. The summed E-state index contributed by atoms with van der Waals surface area (Å²) in [6, 6.07) is 7.39. The van der Waals surface area contributed by atoms with E-state index in [4.69, 9.17) is 11.6 Å². The molecule has 3 rings (SSSR count). The van der Waals surface area contributed by atoms with Gasteiger partial charge in [-0.05, 0) is 18.9 Å². The first-order valence-electron chi connectivity index (χ1n) is 7.92. The zero-order valence-electron chi connectivity index (χ0n) is 13.3. The van der Waals surface area contributed by atoms with E-state index in [1.54, 1.807) is 0 Å². The number of carboxylic acids is 1. The Hall–Kier alpha value is -2.12. The van der Waals surface area contributed by atoms with Crippen LogP contribution in [0.25, 0.3) is 10.1 Å². The summed E-state index contributed by atoms with van der Waals surface area (Å²) in [5.41, 5.74) is -1.21. The number of hydrogen-bond acceptors (Lipinski definition) is 4. The summed E-state index contributed by atoms with van der Waals surface area (Å²) in [4.78, 5) is 36.2. The minimum Gasteiger partial charge on any atom is -0.480 e. The Balaban J connectivity index is 1.64. The predicted octanol–water partition coefficient (Wildman–Crippen LogP) is 2.80. The quantitative estimate of drug-likeness (QED) is 0.743. The van der Waals surface area contributed by atoms with Crippen LogP contribution in [0.4, 0.5) is 0 Å². The van der Waals surface area contributed by atoms with E-state index in [0.717, 1.165) is 22.9 Å². The van der Waals surface area contributed by atoms with Crippen molar-refractivity contribution in [2.24, 2.45) is 0 Å². The molecule has 0 spiro atoms. The lowest BCUT2D eigenvalue weighted by Crippen LogP contribution is -2.54. The first-order chi connectivity index (χ1) is 11.9. The number of thiophene rings is 1. The van der Waals surface area contributed by atoms with Crippen molar-refractivity contribution in [3.05, 3.63) is 34.2 Å². The van der Waals surface area contributed by atoms with Gasteiger partial charge in [-0.3, -0.25) is 9.59 Å². The number of benzene rings is 1. The summed E-state index contributed by atoms with van der Waals surface area (Å²) in [6.45, 7) is -0.293. The van der Waals surface area contributed by atoms with Crippen LogP contribution in [0.2, 0.25) is 5.02 Å². The summed E-state index contributed by atoms with van der Waals surface area (Å²) in [5, 5.41) is 15.6. The predicted molar refractivity (Wildman–Crippen MR) is 96.1 cm³/mol. The van der Waals surface area contributed by atoms with Gasteiger partial charge in [-0.25, -0.2) is 4.79 Å². The minimum atomic E-state index is -1.21. The zero-order chi connectivity index (χ0) is 18.0. The lowest BCUT2D eigenvalue weighted by Gasteiger charge is -2.25. The number of amides is 2. The summed E-state index contributed by atoms with van der Waals surface area (Å²) in [5.74, 6) is -2.00. The van der Waals surface area contributed by atoms with Gasteiger partial charge in [-0.15, -0.1) is 11.3 Å². The van der Waals surface area contributed by atoms with Gasteiger partial charge in [0.05, 0.1) is 11.6 Å². The highest BCUT2D eigenvalue weighted by atomic mass is 35.5. The van der Waals surface area contributed by atoms with Gasteiger partial charge in [-0.2, -0.15) is 0 Å². The lowest BCUT2D eigenvalue weighted by molar-refractivity contribution is -0.147. The molecule has 8 heteroatoms. The van der Waals surface area contributed by atoms with Gasteiger partial charge in [0.1, 0.15) is 10.4 Å². The topological polar surface area (TPSA) is 95.5 Å². The number of carbonyl (C=O) groups is 3. The van der Waals surface area contributed by atoms with E-state index >= 15 is 0 Å².